The molecule has 11 heavy (non-hydrogen) atoms. The Kier molecular flexibility index (Phi) is 3.85. The Morgan fingerprint density at radius 1 is 1.45 bits per heavy atom. The maximum atomic E-state index is 12.7. The third-order valence-electron chi connectivity index (χ3n) is 1.38. The Morgan fingerprint density at radius 3 is 2.55 bits per heavy atom. The number of anilines is 1. The zero-order valence-electron chi connectivity index (χ0n) is 6.20. The largest absolute Gasteiger partial charge is 1.00 e. The van der Waals surface area contributed by atoms with E-state index in [9.17, 15) is 4.39 Å². The van der Waals surface area contributed by atoms with Crippen LogP contribution < -0.4 is 23.7 Å². The molecule has 2 nitrogen and oxygen atoms in total. The van der Waals surface area contributed by atoms with Crippen LogP contribution in [-0.4, -0.2) is 0 Å². The first-order chi connectivity index (χ1) is 4.74. The Balaban J connectivity index is 0.000001000. The number of aryl methyl sites for hydroxylation is 1. The molecule has 1 aromatic rings. The van der Waals surface area contributed by atoms with Crippen LogP contribution in [0.3, 0.4) is 0 Å². The lowest BCUT2D eigenvalue weighted by Gasteiger charge is -1.98. The summed E-state index contributed by atoms with van der Waals surface area (Å²) < 4.78 is 12.7. The van der Waals surface area contributed by atoms with Gasteiger partial charge in [-0.25, -0.2) is 9.82 Å². The molecule has 0 radical (unpaired) electrons. The summed E-state index contributed by atoms with van der Waals surface area (Å²) in [6.45, 7) is 1.72. The highest BCUT2D eigenvalue weighted by Crippen LogP contribution is 2.11. The van der Waals surface area contributed by atoms with E-state index in [2.05, 4.69) is 11.3 Å². The minimum Gasteiger partial charge on any atom is -1.00 e. The van der Waals surface area contributed by atoms with E-state index in [1.807, 2.05) is 0 Å². The van der Waals surface area contributed by atoms with Crippen molar-refractivity contribution in [3.8, 4) is 0 Å². The van der Waals surface area contributed by atoms with E-state index < -0.39 is 0 Å². The van der Waals surface area contributed by atoms with Crippen molar-refractivity contribution in [3.63, 3.8) is 0 Å². The first-order valence-electron chi connectivity index (χ1n) is 3.03. The summed E-state index contributed by atoms with van der Waals surface area (Å²) in [7, 11) is 0. The quantitative estimate of drug-likeness (QED) is 0.465. The third-order valence-corrected chi connectivity index (χ3v) is 1.38. The molecule has 0 heterocycles. The second-order valence-corrected chi connectivity index (χ2v) is 2.14. The van der Waals surface area contributed by atoms with Gasteiger partial charge in [0.2, 0.25) is 0 Å². The highest BCUT2D eigenvalue weighted by molar-refractivity contribution is 5.42. The lowest BCUT2D eigenvalue weighted by Crippen LogP contribution is -3.00. The highest BCUT2D eigenvalue weighted by Gasteiger charge is 1.96. The number of hydrogen-bond donors (Lipinski definition) is 2. The zero-order chi connectivity index (χ0) is 7.56. The van der Waals surface area contributed by atoms with Crippen LogP contribution >= 0.6 is 0 Å². The average Bonchev–Trinajstić information content (AvgIpc) is 1.95. The van der Waals surface area contributed by atoms with Crippen LogP contribution in [0.4, 0.5) is 10.1 Å². The summed E-state index contributed by atoms with van der Waals surface area (Å²) in [6, 6.07) is 4.91. The topological polar surface area (TPSA) is 39.7 Å². The minimum absolute atomic E-state index is 0. The molecule has 1 rings (SSSR count). The predicted octanol–water partition coefficient (Wildman–Crippen LogP) is -2.29. The molecule has 0 atom stereocenters. The van der Waals surface area contributed by atoms with Crippen LogP contribution in [0.5, 0.6) is 0 Å². The molecule has 62 valence electrons. The molecule has 0 amide bonds. The summed E-state index contributed by atoms with van der Waals surface area (Å²) in [5.41, 5.74) is 3.95. The van der Waals surface area contributed by atoms with Gasteiger partial charge in [0.15, 0.2) is 0 Å². The molecule has 0 aliphatic rings. The molecule has 1 aromatic carbocycles. The Labute approximate surface area is 71.0 Å². The molecule has 0 bridgehead atoms. The van der Waals surface area contributed by atoms with E-state index in [4.69, 9.17) is 0 Å². The summed E-state index contributed by atoms with van der Waals surface area (Å²) in [5.74, 6) is 3.21. The van der Waals surface area contributed by atoms with Gasteiger partial charge < -0.3 is 12.4 Å². The number of rotatable bonds is 1. The standard InChI is InChI=1S/C7H9FN2.ClH/c1-5-2-3-6(10-9)4-7(5)8;/h2-4,10H,9H2,1H3;1H. The first kappa shape index (κ1) is 10.2. The van der Waals surface area contributed by atoms with Crippen molar-refractivity contribution in [2.75, 3.05) is 5.43 Å². The van der Waals surface area contributed by atoms with Gasteiger partial charge in [-0.05, 0) is 18.6 Å². The number of nitrogens with one attached hydrogen (secondary N) is 1. The van der Waals surface area contributed by atoms with Crippen LogP contribution in [0.25, 0.3) is 0 Å². The van der Waals surface area contributed by atoms with E-state index in [-0.39, 0.29) is 18.2 Å². The Hall–Kier alpha value is -0.800. The van der Waals surface area contributed by atoms with E-state index in [1.165, 1.54) is 6.07 Å². The molecule has 0 spiro atoms. The van der Waals surface area contributed by atoms with E-state index in [0.717, 1.165) is 0 Å². The summed E-state index contributed by atoms with van der Waals surface area (Å²) in [4.78, 5) is 0. The van der Waals surface area contributed by atoms with Crippen LogP contribution in [0, 0.1) is 12.7 Å². The predicted molar refractivity (Wildman–Crippen MR) is 37.6 cm³/mol. The van der Waals surface area contributed by atoms with Gasteiger partial charge in [0.1, 0.15) is 5.82 Å². The number of quaternary nitrogens is 1. The van der Waals surface area contributed by atoms with Crippen LogP contribution in [-0.2, 0) is 0 Å². The first-order valence-corrected chi connectivity index (χ1v) is 3.03. The van der Waals surface area contributed by atoms with E-state index in [0.29, 0.717) is 11.3 Å². The van der Waals surface area contributed by atoms with Gasteiger partial charge in [-0.3, -0.25) is 5.84 Å². The SMILES string of the molecule is Cc1ccc(N[NH3+])cc1F.[Cl-]. The summed E-state index contributed by atoms with van der Waals surface area (Å²) in [6.07, 6.45) is 0. The number of hydrogen-bond acceptors (Lipinski definition) is 1. The van der Waals surface area contributed by atoms with Crippen molar-refractivity contribution in [3.05, 3.63) is 29.6 Å². The molecule has 0 aliphatic heterocycles. The average molecular weight is 177 g/mol. The van der Waals surface area contributed by atoms with Gasteiger partial charge in [-0.2, -0.15) is 0 Å². The molecule has 4 heteroatoms. The second-order valence-electron chi connectivity index (χ2n) is 2.14. The fourth-order valence-electron chi connectivity index (χ4n) is 0.703. The smallest absolute Gasteiger partial charge is 0.128 e. The maximum Gasteiger partial charge on any atom is 0.128 e. The monoisotopic (exact) mass is 176 g/mol. The highest BCUT2D eigenvalue weighted by atomic mass is 35.5. The van der Waals surface area contributed by atoms with Gasteiger partial charge >= 0.3 is 0 Å². The van der Waals surface area contributed by atoms with Crippen molar-refractivity contribution >= 4 is 5.69 Å². The molecular formula is C7H10ClFN2. The molecule has 0 unspecified atom stereocenters. The number of benzene rings is 1. The van der Waals surface area contributed by atoms with Gasteiger partial charge in [-0.15, -0.1) is 0 Å². The van der Waals surface area contributed by atoms with Gasteiger partial charge in [-0.1, -0.05) is 6.07 Å². The number of halogens is 2. The molecule has 0 saturated heterocycles. The van der Waals surface area contributed by atoms with Crippen molar-refractivity contribution in [1.82, 2.24) is 0 Å². The maximum absolute atomic E-state index is 12.7. The van der Waals surface area contributed by atoms with E-state index >= 15 is 0 Å². The summed E-state index contributed by atoms with van der Waals surface area (Å²) in [5, 5.41) is 0. The molecule has 0 saturated carbocycles. The molecule has 4 N–H and O–H groups in total. The van der Waals surface area contributed by atoms with E-state index in [1.54, 1.807) is 19.1 Å². The Morgan fingerprint density at radius 2 is 2.09 bits per heavy atom. The fourth-order valence-corrected chi connectivity index (χ4v) is 0.703. The minimum atomic E-state index is -0.200. The van der Waals surface area contributed by atoms with Gasteiger partial charge in [0.25, 0.3) is 0 Å². The van der Waals surface area contributed by atoms with Gasteiger partial charge in [0.05, 0.1) is 5.69 Å². The van der Waals surface area contributed by atoms with Gasteiger partial charge in [0, 0.05) is 6.07 Å². The Bertz CT molecular complexity index is 240. The lowest BCUT2D eigenvalue weighted by atomic mass is 10.2. The fraction of sp³-hybridized carbons (Fsp3) is 0.143. The van der Waals surface area contributed by atoms with Crippen molar-refractivity contribution in [1.29, 1.82) is 0 Å². The second kappa shape index (κ2) is 4.16. The zero-order valence-corrected chi connectivity index (χ0v) is 6.95. The van der Waals surface area contributed by atoms with Crippen LogP contribution in [0.2, 0.25) is 0 Å². The van der Waals surface area contributed by atoms with Crippen molar-refractivity contribution in [2.45, 2.75) is 6.92 Å². The molecule has 0 aliphatic carbocycles. The van der Waals surface area contributed by atoms with Crippen LogP contribution in [0.1, 0.15) is 5.56 Å². The van der Waals surface area contributed by atoms with Crippen molar-refractivity contribution < 1.29 is 22.6 Å². The normalized spacial score (nSPS) is 8.64. The molecule has 0 fully saturated rings. The molecule has 0 aromatic heterocycles. The van der Waals surface area contributed by atoms with Crippen molar-refractivity contribution in [2.24, 2.45) is 0 Å². The molecular weight excluding hydrogens is 167 g/mol. The summed E-state index contributed by atoms with van der Waals surface area (Å²) >= 11 is 0. The van der Waals surface area contributed by atoms with Crippen LogP contribution in [0.15, 0.2) is 18.2 Å². The lowest BCUT2D eigenvalue weighted by molar-refractivity contribution is -0.325. The third kappa shape index (κ3) is 2.37.